The smallest absolute Gasteiger partial charge is 0.257 e. The number of carbonyl (C=O) groups is 1. The highest BCUT2D eigenvalue weighted by atomic mass is 19.1. The summed E-state index contributed by atoms with van der Waals surface area (Å²) in [6.45, 7) is 0.248. The standard InChI is InChI=1S/C14H13F2N3O/c15-10-3-4-11(17)13(16)12(10)14(20)19-7-5-9-2-1-6-18-8-9/h1-4,6,8H,5,7,17H2,(H,19,20). The van der Waals surface area contributed by atoms with Crippen LogP contribution in [0, 0.1) is 11.6 Å². The van der Waals surface area contributed by atoms with Crippen molar-refractivity contribution in [1.29, 1.82) is 0 Å². The minimum Gasteiger partial charge on any atom is -0.396 e. The van der Waals surface area contributed by atoms with E-state index in [0.29, 0.717) is 6.42 Å². The van der Waals surface area contributed by atoms with Gasteiger partial charge in [-0.15, -0.1) is 0 Å². The molecule has 2 aromatic rings. The molecule has 0 bridgehead atoms. The molecular formula is C14H13F2N3O. The maximum atomic E-state index is 13.6. The summed E-state index contributed by atoms with van der Waals surface area (Å²) in [4.78, 5) is 15.7. The van der Waals surface area contributed by atoms with E-state index in [4.69, 9.17) is 5.73 Å². The molecule has 0 aliphatic heterocycles. The Morgan fingerprint density at radius 1 is 1.30 bits per heavy atom. The van der Waals surface area contributed by atoms with Crippen molar-refractivity contribution >= 4 is 11.6 Å². The van der Waals surface area contributed by atoms with Gasteiger partial charge < -0.3 is 11.1 Å². The molecule has 0 saturated heterocycles. The molecule has 0 saturated carbocycles. The van der Waals surface area contributed by atoms with Crippen LogP contribution in [0.4, 0.5) is 14.5 Å². The van der Waals surface area contributed by atoms with Crippen LogP contribution < -0.4 is 11.1 Å². The summed E-state index contributed by atoms with van der Waals surface area (Å²) in [5.74, 6) is -2.80. The normalized spacial score (nSPS) is 10.3. The largest absolute Gasteiger partial charge is 0.396 e. The molecule has 1 aromatic heterocycles. The second kappa shape index (κ2) is 6.10. The average molecular weight is 277 g/mol. The van der Waals surface area contributed by atoms with Crippen LogP contribution in [0.5, 0.6) is 0 Å². The Morgan fingerprint density at radius 3 is 2.80 bits per heavy atom. The molecule has 6 heteroatoms. The third kappa shape index (κ3) is 3.09. The van der Waals surface area contributed by atoms with Gasteiger partial charge in [-0.05, 0) is 30.2 Å². The van der Waals surface area contributed by atoms with Crippen LogP contribution in [0.15, 0.2) is 36.7 Å². The van der Waals surface area contributed by atoms with Gasteiger partial charge in [-0.1, -0.05) is 6.07 Å². The van der Waals surface area contributed by atoms with Crippen molar-refractivity contribution in [3.8, 4) is 0 Å². The molecule has 0 spiro atoms. The number of anilines is 1. The summed E-state index contributed by atoms with van der Waals surface area (Å²) in [6.07, 6.45) is 3.82. The number of amides is 1. The highest BCUT2D eigenvalue weighted by Crippen LogP contribution is 2.18. The molecule has 1 amide bonds. The summed E-state index contributed by atoms with van der Waals surface area (Å²) in [7, 11) is 0. The number of nitrogen functional groups attached to an aromatic ring is 1. The number of carbonyl (C=O) groups excluding carboxylic acids is 1. The number of nitrogens with zero attached hydrogens (tertiary/aromatic N) is 1. The topological polar surface area (TPSA) is 68.0 Å². The molecule has 0 radical (unpaired) electrons. The van der Waals surface area contributed by atoms with Crippen LogP contribution in [0.3, 0.4) is 0 Å². The number of nitrogens with one attached hydrogen (secondary N) is 1. The fourth-order valence-corrected chi connectivity index (χ4v) is 1.73. The molecule has 1 aromatic carbocycles. The van der Waals surface area contributed by atoms with Gasteiger partial charge in [0.15, 0.2) is 5.82 Å². The van der Waals surface area contributed by atoms with E-state index in [0.717, 1.165) is 17.7 Å². The molecule has 2 rings (SSSR count). The Balaban J connectivity index is 2.01. The second-order valence-corrected chi connectivity index (χ2v) is 4.19. The predicted molar refractivity (Wildman–Crippen MR) is 71.0 cm³/mol. The zero-order valence-corrected chi connectivity index (χ0v) is 10.6. The van der Waals surface area contributed by atoms with E-state index in [-0.39, 0.29) is 12.2 Å². The SMILES string of the molecule is Nc1ccc(F)c(C(=O)NCCc2cccnc2)c1F. The third-order valence-electron chi connectivity index (χ3n) is 2.77. The Kier molecular flexibility index (Phi) is 4.24. The number of hydrogen-bond donors (Lipinski definition) is 2. The van der Waals surface area contributed by atoms with Crippen molar-refractivity contribution in [2.75, 3.05) is 12.3 Å². The number of halogens is 2. The highest BCUT2D eigenvalue weighted by Gasteiger charge is 2.19. The van der Waals surface area contributed by atoms with E-state index in [1.165, 1.54) is 0 Å². The van der Waals surface area contributed by atoms with Crippen LogP contribution >= 0.6 is 0 Å². The molecule has 20 heavy (non-hydrogen) atoms. The molecule has 0 atom stereocenters. The number of aromatic nitrogens is 1. The lowest BCUT2D eigenvalue weighted by molar-refractivity contribution is 0.0946. The summed E-state index contributed by atoms with van der Waals surface area (Å²) < 4.78 is 27.1. The summed E-state index contributed by atoms with van der Waals surface area (Å²) in [5, 5.41) is 2.45. The van der Waals surface area contributed by atoms with Gasteiger partial charge in [0.25, 0.3) is 5.91 Å². The zero-order chi connectivity index (χ0) is 14.5. The van der Waals surface area contributed by atoms with Gasteiger partial charge >= 0.3 is 0 Å². The minimum absolute atomic E-state index is 0.248. The molecule has 0 unspecified atom stereocenters. The Bertz CT molecular complexity index is 617. The minimum atomic E-state index is -1.04. The average Bonchev–Trinajstić information content (AvgIpc) is 2.44. The summed E-state index contributed by atoms with van der Waals surface area (Å²) in [5.41, 5.74) is 5.32. The second-order valence-electron chi connectivity index (χ2n) is 4.19. The van der Waals surface area contributed by atoms with E-state index < -0.39 is 23.1 Å². The Hall–Kier alpha value is -2.50. The first kappa shape index (κ1) is 13.9. The Labute approximate surface area is 114 Å². The van der Waals surface area contributed by atoms with Crippen molar-refractivity contribution in [1.82, 2.24) is 10.3 Å². The van der Waals surface area contributed by atoms with Gasteiger partial charge in [-0.25, -0.2) is 8.78 Å². The quantitative estimate of drug-likeness (QED) is 0.839. The first-order chi connectivity index (χ1) is 9.59. The third-order valence-corrected chi connectivity index (χ3v) is 2.77. The first-order valence-corrected chi connectivity index (χ1v) is 6.00. The summed E-state index contributed by atoms with van der Waals surface area (Å²) in [6, 6.07) is 5.67. The van der Waals surface area contributed by atoms with E-state index in [2.05, 4.69) is 10.3 Å². The lowest BCUT2D eigenvalue weighted by atomic mass is 10.1. The molecule has 104 valence electrons. The van der Waals surface area contributed by atoms with Gasteiger partial charge in [0.1, 0.15) is 11.4 Å². The van der Waals surface area contributed by atoms with Gasteiger partial charge in [0.2, 0.25) is 0 Å². The number of rotatable bonds is 4. The van der Waals surface area contributed by atoms with Crippen molar-refractivity contribution in [2.24, 2.45) is 0 Å². The van der Waals surface area contributed by atoms with Gasteiger partial charge in [-0.3, -0.25) is 9.78 Å². The predicted octanol–water partition coefficient (Wildman–Crippen LogP) is 1.91. The van der Waals surface area contributed by atoms with E-state index in [9.17, 15) is 13.6 Å². The van der Waals surface area contributed by atoms with Gasteiger partial charge in [0, 0.05) is 18.9 Å². The van der Waals surface area contributed by atoms with E-state index in [1.807, 2.05) is 6.07 Å². The number of nitrogens with two attached hydrogens (primary N) is 1. The highest BCUT2D eigenvalue weighted by molar-refractivity contribution is 5.95. The van der Waals surface area contributed by atoms with Crippen LogP contribution in [0.1, 0.15) is 15.9 Å². The lowest BCUT2D eigenvalue weighted by Gasteiger charge is -2.08. The molecule has 0 aliphatic rings. The lowest BCUT2D eigenvalue weighted by Crippen LogP contribution is -2.28. The van der Waals surface area contributed by atoms with Gasteiger partial charge in [-0.2, -0.15) is 0 Å². The van der Waals surface area contributed by atoms with Crippen LogP contribution in [0.25, 0.3) is 0 Å². The van der Waals surface area contributed by atoms with Crippen LogP contribution in [-0.2, 0) is 6.42 Å². The monoisotopic (exact) mass is 277 g/mol. The van der Waals surface area contributed by atoms with E-state index in [1.54, 1.807) is 18.5 Å². The molecular weight excluding hydrogens is 264 g/mol. The maximum Gasteiger partial charge on any atom is 0.257 e. The zero-order valence-electron chi connectivity index (χ0n) is 10.6. The molecule has 0 aliphatic carbocycles. The van der Waals surface area contributed by atoms with E-state index >= 15 is 0 Å². The molecule has 4 nitrogen and oxygen atoms in total. The fraction of sp³-hybridized carbons (Fsp3) is 0.143. The van der Waals surface area contributed by atoms with Crippen molar-refractivity contribution < 1.29 is 13.6 Å². The van der Waals surface area contributed by atoms with Crippen LogP contribution in [-0.4, -0.2) is 17.4 Å². The number of benzene rings is 1. The maximum absolute atomic E-state index is 13.6. The first-order valence-electron chi connectivity index (χ1n) is 6.00. The van der Waals surface area contributed by atoms with Crippen LogP contribution in [0.2, 0.25) is 0 Å². The molecule has 1 heterocycles. The molecule has 0 fully saturated rings. The molecule has 3 N–H and O–H groups in total. The van der Waals surface area contributed by atoms with Crippen molar-refractivity contribution in [3.63, 3.8) is 0 Å². The van der Waals surface area contributed by atoms with Gasteiger partial charge in [0.05, 0.1) is 5.69 Å². The van der Waals surface area contributed by atoms with Crippen molar-refractivity contribution in [3.05, 3.63) is 59.4 Å². The summed E-state index contributed by atoms with van der Waals surface area (Å²) >= 11 is 0. The number of pyridine rings is 1. The Morgan fingerprint density at radius 2 is 2.10 bits per heavy atom. The fourth-order valence-electron chi connectivity index (χ4n) is 1.73. The number of hydrogen-bond acceptors (Lipinski definition) is 3. The van der Waals surface area contributed by atoms with Crippen molar-refractivity contribution in [2.45, 2.75) is 6.42 Å².